The largest absolute Gasteiger partial charge is 0.465 e. The van der Waals surface area contributed by atoms with Crippen molar-refractivity contribution in [2.45, 2.75) is 57.4 Å². The first kappa shape index (κ1) is 26.7. The van der Waals surface area contributed by atoms with Gasteiger partial charge >= 0.3 is 6.09 Å². The maximum atomic E-state index is 13.3. The fraction of sp³-hybridized carbons (Fsp3) is 0.562. The molecule has 0 unspecified atom stereocenters. The van der Waals surface area contributed by atoms with Crippen LogP contribution < -0.4 is 0 Å². The summed E-state index contributed by atoms with van der Waals surface area (Å²) < 4.78 is 0. The van der Waals surface area contributed by atoms with Crippen LogP contribution >= 0.6 is 0 Å². The molecule has 2 atom stereocenters. The molecule has 2 amide bonds. The van der Waals surface area contributed by atoms with Gasteiger partial charge in [0.2, 0.25) is 5.91 Å². The Balaban J connectivity index is 1.13. The summed E-state index contributed by atoms with van der Waals surface area (Å²) in [7, 11) is 0. The topological polar surface area (TPSA) is 64.1 Å². The van der Waals surface area contributed by atoms with E-state index in [1.54, 1.807) is 4.90 Å². The fourth-order valence-corrected chi connectivity index (χ4v) is 6.92. The van der Waals surface area contributed by atoms with E-state index in [0.29, 0.717) is 36.8 Å². The molecule has 3 aliphatic rings. The number of hydrogen-bond acceptors (Lipinski definition) is 3. The summed E-state index contributed by atoms with van der Waals surface area (Å²) >= 11 is 0. The van der Waals surface area contributed by atoms with Crippen LogP contribution in [0.4, 0.5) is 4.79 Å². The number of amides is 2. The molecule has 2 heterocycles. The molecule has 0 aromatic heterocycles. The van der Waals surface area contributed by atoms with E-state index in [0.717, 1.165) is 70.4 Å². The molecular weight excluding hydrogens is 474 g/mol. The third-order valence-corrected chi connectivity index (χ3v) is 9.18. The SMILES string of the molecule is O=C(O)N(CCC1CCN(C[C@H]2CN(C(=O)C3CCCC3)C[C@@H]2c2ccccc2)CC1)Cc1ccccc1. The maximum absolute atomic E-state index is 13.3. The van der Waals surface area contributed by atoms with E-state index in [4.69, 9.17) is 0 Å². The van der Waals surface area contributed by atoms with E-state index in [2.05, 4.69) is 40.1 Å². The Hall–Kier alpha value is -2.86. The van der Waals surface area contributed by atoms with Gasteiger partial charge < -0.3 is 19.8 Å². The summed E-state index contributed by atoms with van der Waals surface area (Å²) in [6.45, 7) is 5.93. The summed E-state index contributed by atoms with van der Waals surface area (Å²) in [6.07, 6.45) is 6.84. The number of piperidine rings is 1. The molecule has 204 valence electrons. The van der Waals surface area contributed by atoms with Crippen molar-refractivity contribution in [3.05, 3.63) is 71.8 Å². The highest BCUT2D eigenvalue weighted by Crippen LogP contribution is 2.37. The molecule has 2 saturated heterocycles. The van der Waals surface area contributed by atoms with Crippen LogP contribution in [-0.4, -0.2) is 71.1 Å². The molecule has 0 radical (unpaired) electrons. The van der Waals surface area contributed by atoms with Crippen LogP contribution in [-0.2, 0) is 11.3 Å². The van der Waals surface area contributed by atoms with Gasteiger partial charge in [0, 0.05) is 44.6 Å². The van der Waals surface area contributed by atoms with E-state index in [-0.39, 0.29) is 5.92 Å². The number of benzene rings is 2. The van der Waals surface area contributed by atoms with Crippen LogP contribution in [0.5, 0.6) is 0 Å². The third kappa shape index (κ3) is 6.76. The smallest absolute Gasteiger partial charge is 0.407 e. The van der Waals surface area contributed by atoms with Crippen molar-refractivity contribution in [2.24, 2.45) is 17.8 Å². The number of hydrogen-bond donors (Lipinski definition) is 1. The minimum Gasteiger partial charge on any atom is -0.465 e. The van der Waals surface area contributed by atoms with E-state index in [9.17, 15) is 14.7 Å². The van der Waals surface area contributed by atoms with Crippen LogP contribution in [0.25, 0.3) is 0 Å². The van der Waals surface area contributed by atoms with Crippen molar-refractivity contribution < 1.29 is 14.7 Å². The predicted molar refractivity (Wildman–Crippen MR) is 150 cm³/mol. The van der Waals surface area contributed by atoms with Gasteiger partial charge in [0.15, 0.2) is 0 Å². The second kappa shape index (κ2) is 12.8. The lowest BCUT2D eigenvalue weighted by Gasteiger charge is -2.35. The minimum absolute atomic E-state index is 0.244. The quantitative estimate of drug-likeness (QED) is 0.463. The zero-order valence-corrected chi connectivity index (χ0v) is 22.6. The summed E-state index contributed by atoms with van der Waals surface area (Å²) in [5.74, 6) is 2.07. The minimum atomic E-state index is -0.837. The monoisotopic (exact) mass is 517 g/mol. The van der Waals surface area contributed by atoms with Crippen LogP contribution in [0.15, 0.2) is 60.7 Å². The van der Waals surface area contributed by atoms with Crippen molar-refractivity contribution >= 4 is 12.0 Å². The lowest BCUT2D eigenvalue weighted by atomic mass is 9.87. The summed E-state index contributed by atoms with van der Waals surface area (Å²) in [5, 5.41) is 9.70. The van der Waals surface area contributed by atoms with Gasteiger partial charge in [0.1, 0.15) is 0 Å². The first-order chi connectivity index (χ1) is 18.6. The second-order valence-electron chi connectivity index (χ2n) is 11.7. The van der Waals surface area contributed by atoms with Crippen LogP contribution in [0, 0.1) is 17.8 Å². The van der Waals surface area contributed by atoms with Gasteiger partial charge in [-0.2, -0.15) is 0 Å². The molecule has 0 bridgehead atoms. The van der Waals surface area contributed by atoms with E-state index in [1.807, 2.05) is 30.3 Å². The summed E-state index contributed by atoms with van der Waals surface area (Å²) in [6, 6.07) is 20.6. The molecule has 1 saturated carbocycles. The summed E-state index contributed by atoms with van der Waals surface area (Å²) in [4.78, 5) is 31.4. The summed E-state index contributed by atoms with van der Waals surface area (Å²) in [5.41, 5.74) is 2.40. The third-order valence-electron chi connectivity index (χ3n) is 9.18. The van der Waals surface area contributed by atoms with Gasteiger partial charge in [0.05, 0.1) is 0 Å². The van der Waals surface area contributed by atoms with E-state index < -0.39 is 6.09 Å². The Morgan fingerprint density at radius 1 is 0.868 bits per heavy atom. The molecule has 6 nitrogen and oxygen atoms in total. The Bertz CT molecular complexity index is 1030. The molecule has 6 heteroatoms. The Labute approximate surface area is 227 Å². The van der Waals surface area contributed by atoms with Crippen molar-refractivity contribution in [2.75, 3.05) is 39.3 Å². The number of rotatable bonds is 9. The normalized spacial score (nSPS) is 23.1. The van der Waals surface area contributed by atoms with Crippen LogP contribution in [0.1, 0.15) is 62.0 Å². The predicted octanol–water partition coefficient (Wildman–Crippen LogP) is 5.70. The fourth-order valence-electron chi connectivity index (χ4n) is 6.92. The van der Waals surface area contributed by atoms with Crippen LogP contribution in [0.2, 0.25) is 0 Å². The van der Waals surface area contributed by atoms with Gasteiger partial charge in [0.25, 0.3) is 0 Å². The molecule has 1 N–H and O–H groups in total. The zero-order valence-electron chi connectivity index (χ0n) is 22.6. The first-order valence-electron chi connectivity index (χ1n) is 14.6. The molecule has 1 aliphatic carbocycles. The number of likely N-dealkylation sites (tertiary alicyclic amines) is 2. The van der Waals surface area contributed by atoms with Gasteiger partial charge in [-0.05, 0) is 68.2 Å². The molecule has 0 spiro atoms. The molecule has 5 rings (SSSR count). The lowest BCUT2D eigenvalue weighted by molar-refractivity contribution is -0.134. The highest BCUT2D eigenvalue weighted by atomic mass is 16.4. The average molecular weight is 518 g/mol. The van der Waals surface area contributed by atoms with Crippen molar-refractivity contribution in [1.82, 2.24) is 14.7 Å². The number of carbonyl (C=O) groups is 2. The van der Waals surface area contributed by atoms with Gasteiger partial charge in [-0.25, -0.2) is 4.79 Å². The average Bonchev–Trinajstić information content (AvgIpc) is 3.63. The van der Waals surface area contributed by atoms with Crippen LogP contribution in [0.3, 0.4) is 0 Å². The molecular formula is C32H43N3O3. The van der Waals surface area contributed by atoms with Crippen molar-refractivity contribution in [1.29, 1.82) is 0 Å². The standard InChI is InChI=1S/C32H43N3O3/c36-31(28-13-7-8-14-28)35-23-29(30(24-35)27-11-5-2-6-12-27)22-33-18-15-25(16-19-33)17-20-34(32(37)38)21-26-9-3-1-4-10-26/h1-6,9-12,25,28-30H,7-8,13-24H2,(H,37,38)/t29-,30+/m0/s1. The Morgan fingerprint density at radius 3 is 2.18 bits per heavy atom. The van der Waals surface area contributed by atoms with Gasteiger partial charge in [-0.3, -0.25) is 4.79 Å². The Kier molecular flexibility index (Phi) is 9.00. The zero-order chi connectivity index (χ0) is 26.3. The number of nitrogens with zero attached hydrogens (tertiary/aromatic N) is 3. The molecule has 2 aliphatic heterocycles. The van der Waals surface area contributed by atoms with E-state index in [1.165, 1.54) is 18.4 Å². The maximum Gasteiger partial charge on any atom is 0.407 e. The lowest BCUT2D eigenvalue weighted by Crippen LogP contribution is -2.40. The first-order valence-corrected chi connectivity index (χ1v) is 14.6. The van der Waals surface area contributed by atoms with E-state index >= 15 is 0 Å². The molecule has 3 fully saturated rings. The highest BCUT2D eigenvalue weighted by molar-refractivity contribution is 5.79. The van der Waals surface area contributed by atoms with Crippen molar-refractivity contribution in [3.8, 4) is 0 Å². The molecule has 2 aromatic carbocycles. The number of carboxylic acid groups (broad SMARTS) is 1. The highest BCUT2D eigenvalue weighted by Gasteiger charge is 2.39. The van der Waals surface area contributed by atoms with Gasteiger partial charge in [-0.15, -0.1) is 0 Å². The van der Waals surface area contributed by atoms with Crippen molar-refractivity contribution in [3.63, 3.8) is 0 Å². The van der Waals surface area contributed by atoms with Gasteiger partial charge in [-0.1, -0.05) is 73.5 Å². The number of carbonyl (C=O) groups excluding carboxylic acids is 1. The Morgan fingerprint density at radius 2 is 1.53 bits per heavy atom. The molecule has 38 heavy (non-hydrogen) atoms. The molecule has 2 aromatic rings. The second-order valence-corrected chi connectivity index (χ2v) is 11.7.